The molecule has 0 atom stereocenters. The van der Waals surface area contributed by atoms with Gasteiger partial charge in [0, 0.05) is 6.42 Å². The number of hydrogen-bond acceptors (Lipinski definition) is 5. The number of aryl methyl sites for hydroxylation is 2. The van der Waals surface area contributed by atoms with Crippen molar-refractivity contribution in [3.8, 4) is 0 Å². The molecule has 0 aliphatic rings. The van der Waals surface area contributed by atoms with E-state index in [9.17, 15) is 13.2 Å². The van der Waals surface area contributed by atoms with Gasteiger partial charge in [0.15, 0.2) is 0 Å². The third-order valence-electron chi connectivity index (χ3n) is 3.36. The molecule has 6 heteroatoms. The average molecular weight is 348 g/mol. The molecule has 0 aliphatic heterocycles. The summed E-state index contributed by atoms with van der Waals surface area (Å²) in [6, 6.07) is 15.9. The van der Waals surface area contributed by atoms with Gasteiger partial charge in [-0.15, -0.1) is 0 Å². The van der Waals surface area contributed by atoms with E-state index in [0.717, 1.165) is 11.1 Å². The van der Waals surface area contributed by atoms with Gasteiger partial charge < -0.3 is 4.74 Å². The van der Waals surface area contributed by atoms with Crippen molar-refractivity contribution >= 4 is 16.1 Å². The largest absolute Gasteiger partial charge is 0.463 e. The summed E-state index contributed by atoms with van der Waals surface area (Å²) in [7, 11) is -3.82. The first-order valence-electron chi connectivity index (χ1n) is 7.63. The summed E-state index contributed by atoms with van der Waals surface area (Å²) in [5.41, 5.74) is 2.01. The molecular formula is C18H20O5S. The van der Waals surface area contributed by atoms with Crippen molar-refractivity contribution in [1.82, 2.24) is 0 Å². The van der Waals surface area contributed by atoms with Gasteiger partial charge in [0.25, 0.3) is 10.1 Å². The predicted octanol–water partition coefficient (Wildman–Crippen LogP) is 2.88. The second-order valence-corrected chi connectivity index (χ2v) is 6.91. The van der Waals surface area contributed by atoms with Crippen LogP contribution in [-0.4, -0.2) is 27.6 Å². The van der Waals surface area contributed by atoms with E-state index >= 15 is 0 Å². The van der Waals surface area contributed by atoms with E-state index in [1.54, 1.807) is 12.1 Å². The van der Waals surface area contributed by atoms with Crippen molar-refractivity contribution < 1.29 is 22.1 Å². The van der Waals surface area contributed by atoms with Gasteiger partial charge in [0.1, 0.15) is 13.2 Å². The molecule has 0 aromatic heterocycles. The lowest BCUT2D eigenvalue weighted by Crippen LogP contribution is -2.14. The zero-order valence-electron chi connectivity index (χ0n) is 13.5. The predicted molar refractivity (Wildman–Crippen MR) is 90.0 cm³/mol. The van der Waals surface area contributed by atoms with Crippen LogP contribution in [0.1, 0.15) is 17.5 Å². The smallest absolute Gasteiger partial charge is 0.306 e. The Balaban J connectivity index is 1.70. The molecule has 2 aromatic carbocycles. The third-order valence-corrected chi connectivity index (χ3v) is 4.68. The first-order valence-corrected chi connectivity index (χ1v) is 9.04. The van der Waals surface area contributed by atoms with Crippen LogP contribution in [-0.2, 0) is 30.3 Å². The molecule has 0 N–H and O–H groups in total. The normalized spacial score (nSPS) is 11.2. The molecule has 0 amide bonds. The van der Waals surface area contributed by atoms with Gasteiger partial charge in [-0.05, 0) is 31.0 Å². The molecule has 0 bridgehead atoms. The molecule has 0 heterocycles. The zero-order valence-corrected chi connectivity index (χ0v) is 14.3. The van der Waals surface area contributed by atoms with Crippen molar-refractivity contribution in [3.63, 3.8) is 0 Å². The summed E-state index contributed by atoms with van der Waals surface area (Å²) in [6.45, 7) is 1.57. The summed E-state index contributed by atoms with van der Waals surface area (Å²) >= 11 is 0. The van der Waals surface area contributed by atoms with Crippen molar-refractivity contribution in [1.29, 1.82) is 0 Å². The molecule has 24 heavy (non-hydrogen) atoms. The number of hydrogen-bond donors (Lipinski definition) is 0. The minimum Gasteiger partial charge on any atom is -0.463 e. The highest BCUT2D eigenvalue weighted by Gasteiger charge is 2.15. The summed E-state index contributed by atoms with van der Waals surface area (Å²) in [4.78, 5) is 11.7. The molecule has 0 unspecified atom stereocenters. The molecule has 2 aromatic rings. The molecule has 0 aliphatic carbocycles. The van der Waals surface area contributed by atoms with Crippen molar-refractivity contribution in [3.05, 3.63) is 65.7 Å². The van der Waals surface area contributed by atoms with E-state index < -0.39 is 10.1 Å². The number of carbonyl (C=O) groups is 1. The van der Waals surface area contributed by atoms with Gasteiger partial charge >= 0.3 is 5.97 Å². The Morgan fingerprint density at radius 2 is 1.62 bits per heavy atom. The van der Waals surface area contributed by atoms with E-state index in [1.807, 2.05) is 37.3 Å². The lowest BCUT2D eigenvalue weighted by atomic mass is 10.1. The van der Waals surface area contributed by atoms with Gasteiger partial charge in [0.2, 0.25) is 0 Å². The number of ether oxygens (including phenoxy) is 1. The highest BCUT2D eigenvalue weighted by atomic mass is 32.2. The van der Waals surface area contributed by atoms with Crippen LogP contribution in [0.15, 0.2) is 59.5 Å². The van der Waals surface area contributed by atoms with Gasteiger partial charge in [-0.2, -0.15) is 8.42 Å². The van der Waals surface area contributed by atoms with Crippen LogP contribution >= 0.6 is 0 Å². The van der Waals surface area contributed by atoms with Crippen LogP contribution < -0.4 is 0 Å². The van der Waals surface area contributed by atoms with Crippen LogP contribution in [0.5, 0.6) is 0 Å². The molecule has 0 saturated heterocycles. The first kappa shape index (κ1) is 18.2. The Labute approximate surface area is 142 Å². The lowest BCUT2D eigenvalue weighted by molar-refractivity contribution is -0.144. The molecule has 0 saturated carbocycles. The Morgan fingerprint density at radius 3 is 2.29 bits per heavy atom. The van der Waals surface area contributed by atoms with Gasteiger partial charge in [-0.25, -0.2) is 0 Å². The monoisotopic (exact) mass is 348 g/mol. The van der Waals surface area contributed by atoms with Crippen LogP contribution in [0.25, 0.3) is 0 Å². The maximum absolute atomic E-state index is 11.9. The molecule has 0 fully saturated rings. The van der Waals surface area contributed by atoms with Gasteiger partial charge in [0.05, 0.1) is 4.90 Å². The Morgan fingerprint density at radius 1 is 0.958 bits per heavy atom. The zero-order chi connectivity index (χ0) is 17.4. The van der Waals surface area contributed by atoms with E-state index in [1.165, 1.54) is 12.1 Å². The average Bonchev–Trinajstić information content (AvgIpc) is 2.58. The topological polar surface area (TPSA) is 69.7 Å². The van der Waals surface area contributed by atoms with Crippen LogP contribution in [0.2, 0.25) is 0 Å². The van der Waals surface area contributed by atoms with Gasteiger partial charge in [-0.3, -0.25) is 8.98 Å². The fourth-order valence-electron chi connectivity index (χ4n) is 2.04. The van der Waals surface area contributed by atoms with Gasteiger partial charge in [-0.1, -0.05) is 48.0 Å². The maximum Gasteiger partial charge on any atom is 0.306 e. The quantitative estimate of drug-likeness (QED) is 0.417. The summed E-state index contributed by atoms with van der Waals surface area (Å²) in [5.74, 6) is -0.379. The van der Waals surface area contributed by atoms with Crippen LogP contribution in [0, 0.1) is 6.92 Å². The van der Waals surface area contributed by atoms with Crippen molar-refractivity contribution in [2.24, 2.45) is 0 Å². The third kappa shape index (κ3) is 5.79. The fourth-order valence-corrected chi connectivity index (χ4v) is 2.93. The van der Waals surface area contributed by atoms with Crippen molar-refractivity contribution in [2.45, 2.75) is 24.7 Å². The van der Waals surface area contributed by atoms with Crippen LogP contribution in [0.3, 0.4) is 0 Å². The van der Waals surface area contributed by atoms with E-state index in [2.05, 4.69) is 0 Å². The van der Waals surface area contributed by atoms with E-state index in [0.29, 0.717) is 6.42 Å². The van der Waals surface area contributed by atoms with Crippen LogP contribution in [0.4, 0.5) is 0 Å². The minimum absolute atomic E-state index is 0.0866. The highest BCUT2D eigenvalue weighted by Crippen LogP contribution is 2.13. The number of rotatable bonds is 8. The highest BCUT2D eigenvalue weighted by molar-refractivity contribution is 7.86. The second-order valence-electron chi connectivity index (χ2n) is 5.30. The number of benzene rings is 2. The standard InChI is InChI=1S/C18H20O5S/c1-15-7-10-17(11-8-15)24(20,21)23-14-13-22-18(19)12-9-16-5-3-2-4-6-16/h2-8,10-11H,9,12-14H2,1H3. The fraction of sp³-hybridized carbons (Fsp3) is 0.278. The maximum atomic E-state index is 11.9. The number of carbonyl (C=O) groups excluding carboxylic acids is 1. The Kier molecular flexibility index (Phi) is 6.52. The van der Waals surface area contributed by atoms with E-state index in [4.69, 9.17) is 8.92 Å². The summed E-state index contributed by atoms with van der Waals surface area (Å²) in [6.07, 6.45) is 0.830. The molecule has 128 valence electrons. The molecule has 0 spiro atoms. The molecular weight excluding hydrogens is 328 g/mol. The second kappa shape index (κ2) is 8.61. The number of esters is 1. The summed E-state index contributed by atoms with van der Waals surface area (Å²) < 4.78 is 33.7. The molecule has 5 nitrogen and oxygen atoms in total. The first-order chi connectivity index (χ1) is 11.5. The molecule has 2 rings (SSSR count). The molecule has 0 radical (unpaired) electrons. The lowest BCUT2D eigenvalue weighted by Gasteiger charge is -2.07. The SMILES string of the molecule is Cc1ccc(S(=O)(=O)OCCOC(=O)CCc2ccccc2)cc1. The van der Waals surface area contributed by atoms with E-state index in [-0.39, 0.29) is 30.5 Å². The Bertz CT molecular complexity index is 752. The minimum atomic E-state index is -3.82. The Hall–Kier alpha value is -2.18. The summed E-state index contributed by atoms with van der Waals surface area (Å²) in [5, 5.41) is 0. The van der Waals surface area contributed by atoms with Crippen molar-refractivity contribution in [2.75, 3.05) is 13.2 Å².